The number of hydrogen-bond donors (Lipinski definition) is 3. The molecule has 0 saturated carbocycles. The van der Waals surface area contributed by atoms with Gasteiger partial charge in [-0.05, 0) is 36.6 Å². The molecule has 3 aromatic rings. The third kappa shape index (κ3) is 5.13. The average molecular weight is 428 g/mol. The summed E-state index contributed by atoms with van der Waals surface area (Å²) < 4.78 is 4.99. The molecule has 2 heterocycles. The zero-order valence-corrected chi connectivity index (χ0v) is 16.9. The monoisotopic (exact) mass is 428 g/mol. The van der Waals surface area contributed by atoms with Crippen LogP contribution in [0.15, 0.2) is 53.3 Å². The number of nitro groups is 1. The summed E-state index contributed by atoms with van der Waals surface area (Å²) in [6.07, 6.45) is 5.12. The lowest BCUT2D eigenvalue weighted by Gasteiger charge is -2.13. The molecule has 156 valence electrons. The van der Waals surface area contributed by atoms with Crippen LogP contribution in [0.2, 0.25) is 0 Å². The Hall–Kier alpha value is -3.44. The minimum Gasteiger partial charge on any atom is -0.470 e. The number of anilines is 4. The molecule has 0 saturated heterocycles. The smallest absolute Gasteiger partial charge is 0.353 e. The minimum atomic E-state index is -0.815. The van der Waals surface area contributed by atoms with E-state index in [-0.39, 0.29) is 17.5 Å². The Morgan fingerprint density at radius 3 is 2.43 bits per heavy atom. The van der Waals surface area contributed by atoms with E-state index in [1.54, 1.807) is 42.1 Å². The van der Waals surface area contributed by atoms with Gasteiger partial charge in [-0.15, -0.1) is 0 Å². The zero-order chi connectivity index (χ0) is 21.5. The first kappa shape index (κ1) is 21.3. The van der Waals surface area contributed by atoms with Gasteiger partial charge in [0, 0.05) is 5.69 Å². The van der Waals surface area contributed by atoms with Crippen molar-refractivity contribution in [1.82, 2.24) is 9.97 Å². The van der Waals surface area contributed by atoms with Crippen molar-refractivity contribution in [3.05, 3.63) is 64.9 Å². The lowest BCUT2D eigenvalue weighted by atomic mass is 10.1. The minimum absolute atomic E-state index is 0.118. The largest absolute Gasteiger partial charge is 0.470 e. The molecule has 0 bridgehead atoms. The number of ketones is 1. The van der Waals surface area contributed by atoms with Crippen LogP contribution >= 0.6 is 11.8 Å². The van der Waals surface area contributed by atoms with Crippen LogP contribution in [0.1, 0.15) is 17.0 Å². The predicted molar refractivity (Wildman–Crippen MR) is 116 cm³/mol. The van der Waals surface area contributed by atoms with E-state index in [1.807, 2.05) is 12.3 Å². The molecule has 0 aliphatic heterocycles. The van der Waals surface area contributed by atoms with Crippen molar-refractivity contribution in [3.63, 3.8) is 0 Å². The van der Waals surface area contributed by atoms with E-state index in [9.17, 15) is 14.9 Å². The number of aromatic nitrogens is 2. The van der Waals surface area contributed by atoms with E-state index in [1.165, 1.54) is 12.5 Å². The molecule has 2 aromatic heterocycles. The highest BCUT2D eigenvalue weighted by molar-refractivity contribution is 7.98. The Morgan fingerprint density at radius 1 is 1.20 bits per heavy atom. The molecule has 0 radical (unpaired) electrons. The highest BCUT2D eigenvalue weighted by Gasteiger charge is 2.29. The lowest BCUT2D eigenvalue weighted by Crippen LogP contribution is -2.32. The highest BCUT2D eigenvalue weighted by Crippen LogP contribution is 2.34. The molecule has 30 heavy (non-hydrogen) atoms. The van der Waals surface area contributed by atoms with Crippen LogP contribution in [0.5, 0.6) is 0 Å². The van der Waals surface area contributed by atoms with Crippen molar-refractivity contribution in [2.75, 3.05) is 22.6 Å². The highest BCUT2D eigenvalue weighted by atomic mass is 32.2. The maximum Gasteiger partial charge on any atom is 0.353 e. The molecule has 0 aliphatic rings. The number of nitrogens with zero attached hydrogens (tertiary/aromatic N) is 3. The summed E-state index contributed by atoms with van der Waals surface area (Å²) in [5, 5.41) is 17.5. The molecule has 1 atom stereocenters. The topological polar surface area (TPSA) is 149 Å². The van der Waals surface area contributed by atoms with Gasteiger partial charge in [0.05, 0.1) is 22.9 Å². The quantitative estimate of drug-likeness (QED) is 0.248. The summed E-state index contributed by atoms with van der Waals surface area (Å²) in [5.74, 6) is -0.276. The normalized spacial score (nSPS) is 11.7. The number of benzene rings is 1. The van der Waals surface area contributed by atoms with Crippen LogP contribution in [0.4, 0.5) is 28.7 Å². The van der Waals surface area contributed by atoms with Crippen LogP contribution in [0, 0.1) is 10.1 Å². The van der Waals surface area contributed by atoms with Crippen molar-refractivity contribution in [1.29, 1.82) is 0 Å². The van der Waals surface area contributed by atoms with Gasteiger partial charge in [-0.25, -0.2) is 9.97 Å². The maximum absolute atomic E-state index is 12.8. The summed E-state index contributed by atoms with van der Waals surface area (Å²) >= 11 is 1.56. The lowest BCUT2D eigenvalue weighted by molar-refractivity contribution is -0.383. The van der Waals surface area contributed by atoms with Gasteiger partial charge in [-0.1, -0.05) is 18.2 Å². The van der Waals surface area contributed by atoms with E-state index in [0.29, 0.717) is 23.5 Å². The van der Waals surface area contributed by atoms with Gasteiger partial charge in [0.1, 0.15) is 6.26 Å². The Bertz CT molecular complexity index is 1010. The molecule has 4 N–H and O–H groups in total. The zero-order valence-electron chi connectivity index (χ0n) is 16.1. The summed E-state index contributed by atoms with van der Waals surface area (Å²) in [4.78, 5) is 32.3. The Labute approximate surface area is 176 Å². The number of carbonyl (C=O) groups is 1. The number of nitrogens with one attached hydrogen (secondary N) is 2. The number of Topliss-reactive ketones (excluding diaryl/α,β-unsaturated/α-hetero) is 1. The van der Waals surface area contributed by atoms with Gasteiger partial charge in [-0.2, -0.15) is 11.8 Å². The summed E-state index contributed by atoms with van der Waals surface area (Å²) in [7, 11) is 0. The number of para-hydroxylation sites is 1. The van der Waals surface area contributed by atoms with Crippen LogP contribution < -0.4 is 16.4 Å². The van der Waals surface area contributed by atoms with Crippen molar-refractivity contribution < 1.29 is 14.1 Å². The molecule has 0 aliphatic carbocycles. The van der Waals surface area contributed by atoms with Gasteiger partial charge in [0.25, 0.3) is 0 Å². The van der Waals surface area contributed by atoms with Crippen molar-refractivity contribution in [3.8, 4) is 0 Å². The number of rotatable bonds is 10. The summed E-state index contributed by atoms with van der Waals surface area (Å²) in [6, 6.07) is 9.55. The average Bonchev–Trinajstić information content (AvgIpc) is 3.24. The number of carbonyl (C=O) groups excluding carboxylic acids is 1. The Balaban J connectivity index is 2.07. The van der Waals surface area contributed by atoms with E-state index >= 15 is 0 Å². The number of hydrogen-bond acceptors (Lipinski definition) is 10. The second kappa shape index (κ2) is 9.85. The second-order valence-corrected chi connectivity index (χ2v) is 7.22. The summed E-state index contributed by atoms with van der Waals surface area (Å²) in [6.45, 7) is 0. The van der Waals surface area contributed by atoms with Crippen LogP contribution in [-0.4, -0.2) is 38.7 Å². The van der Waals surface area contributed by atoms with Gasteiger partial charge in [-0.3, -0.25) is 14.9 Å². The number of furan rings is 1. The van der Waals surface area contributed by atoms with Crippen molar-refractivity contribution >= 4 is 46.2 Å². The maximum atomic E-state index is 12.8. The second-order valence-electron chi connectivity index (χ2n) is 6.23. The Kier molecular flexibility index (Phi) is 6.99. The first-order chi connectivity index (χ1) is 14.5. The van der Waals surface area contributed by atoms with Crippen LogP contribution in [0.3, 0.4) is 0 Å². The van der Waals surface area contributed by atoms with E-state index in [0.717, 1.165) is 0 Å². The molecule has 1 unspecified atom stereocenters. The van der Waals surface area contributed by atoms with E-state index in [2.05, 4.69) is 20.6 Å². The van der Waals surface area contributed by atoms with Gasteiger partial charge in [0.15, 0.2) is 0 Å². The van der Waals surface area contributed by atoms with E-state index < -0.39 is 22.4 Å². The van der Waals surface area contributed by atoms with Crippen molar-refractivity contribution in [2.24, 2.45) is 5.73 Å². The molecular weight excluding hydrogens is 408 g/mol. The van der Waals surface area contributed by atoms with Crippen LogP contribution in [-0.2, 0) is 0 Å². The SMILES string of the molecule is CSCCC(N)C(=O)c1nc(Nc2ccccc2)c([N+](=O)[O-])c(Nc2ccoc2)n1. The molecule has 11 heteroatoms. The van der Waals surface area contributed by atoms with Crippen LogP contribution in [0.25, 0.3) is 0 Å². The third-order valence-electron chi connectivity index (χ3n) is 4.08. The fraction of sp³-hybridized carbons (Fsp3) is 0.211. The summed E-state index contributed by atoms with van der Waals surface area (Å²) in [5.41, 5.74) is 6.59. The number of nitrogens with two attached hydrogens (primary N) is 1. The van der Waals surface area contributed by atoms with Crippen molar-refractivity contribution in [2.45, 2.75) is 12.5 Å². The first-order valence-corrected chi connectivity index (χ1v) is 10.4. The first-order valence-electron chi connectivity index (χ1n) is 8.96. The molecule has 3 rings (SSSR count). The third-order valence-corrected chi connectivity index (χ3v) is 4.72. The molecule has 10 nitrogen and oxygen atoms in total. The predicted octanol–water partition coefficient (Wildman–Crippen LogP) is 3.73. The molecule has 0 spiro atoms. The fourth-order valence-corrected chi connectivity index (χ4v) is 3.07. The molecular formula is C19H20N6O4S. The molecule has 0 amide bonds. The van der Waals surface area contributed by atoms with E-state index in [4.69, 9.17) is 10.2 Å². The Morgan fingerprint density at radius 2 is 1.87 bits per heavy atom. The van der Waals surface area contributed by atoms with Gasteiger partial charge in [0.2, 0.25) is 23.2 Å². The standard InChI is InChI=1S/C19H20N6O4S/c1-30-10-8-14(20)16(26)19-23-17(21-12-5-3-2-4-6-12)15(25(27)28)18(24-19)22-13-7-9-29-11-13/h2-7,9,11,14H,8,10,20H2,1H3,(H2,21,22,23,24). The van der Waals surface area contributed by atoms with Gasteiger partial charge < -0.3 is 20.8 Å². The number of thioether (sulfide) groups is 1. The van der Waals surface area contributed by atoms with Gasteiger partial charge >= 0.3 is 5.69 Å². The molecule has 1 aromatic carbocycles. The fourth-order valence-electron chi connectivity index (χ4n) is 2.58. The molecule has 0 fully saturated rings.